The largest absolute Gasteiger partial charge is 0.134 e. The third-order valence-electron chi connectivity index (χ3n) is 3.79. The van der Waals surface area contributed by atoms with Gasteiger partial charge in [0.25, 0.3) is 0 Å². The van der Waals surface area contributed by atoms with Crippen molar-refractivity contribution in [3.63, 3.8) is 0 Å². The number of rotatable bonds is 2. The van der Waals surface area contributed by atoms with E-state index in [9.17, 15) is 0 Å². The lowest BCUT2D eigenvalue weighted by molar-refractivity contribution is 1.50. The van der Waals surface area contributed by atoms with E-state index in [-0.39, 0.29) is 0 Å². The smallest absolute Gasteiger partial charge is 0.0534 e. The minimum absolute atomic E-state index is 1.26. The maximum Gasteiger partial charge on any atom is 0.0534 e. The van der Waals surface area contributed by atoms with E-state index >= 15 is 0 Å². The Hall–Kier alpha value is -1.90. The Labute approximate surface area is 145 Å². The van der Waals surface area contributed by atoms with Gasteiger partial charge in [-0.3, -0.25) is 0 Å². The van der Waals surface area contributed by atoms with Crippen LogP contribution in [0.5, 0.6) is 0 Å². The number of hydrogen-bond acceptors (Lipinski definition) is 2. The van der Waals surface area contributed by atoms with Gasteiger partial charge in [-0.05, 0) is 24.6 Å². The van der Waals surface area contributed by atoms with Crippen LogP contribution in [0.2, 0.25) is 0 Å². The summed E-state index contributed by atoms with van der Waals surface area (Å²) in [6.45, 7) is 10.1. The highest BCUT2D eigenvalue weighted by Crippen LogP contribution is 2.43. The highest BCUT2D eigenvalue weighted by molar-refractivity contribution is 7.31. The van der Waals surface area contributed by atoms with Crippen molar-refractivity contribution in [1.82, 2.24) is 0 Å². The van der Waals surface area contributed by atoms with Crippen LogP contribution in [-0.2, 0) is 0 Å². The van der Waals surface area contributed by atoms with Crippen molar-refractivity contribution in [3.05, 3.63) is 59.5 Å². The number of allylic oxidation sites excluding steroid dienone is 1. The SMILES string of the molecule is C=Cc1c(/C=C\C)sc2c1ccc1c3ccccc3sc12.CC. The zero-order valence-corrected chi connectivity index (χ0v) is 15.4. The molecule has 2 heteroatoms. The molecule has 0 spiro atoms. The minimum Gasteiger partial charge on any atom is -0.134 e. The van der Waals surface area contributed by atoms with E-state index in [1.807, 2.05) is 42.6 Å². The molecule has 0 bridgehead atoms. The number of benzene rings is 2. The van der Waals surface area contributed by atoms with Gasteiger partial charge in [0.05, 0.1) is 9.40 Å². The topological polar surface area (TPSA) is 0 Å². The lowest BCUT2D eigenvalue weighted by atomic mass is 10.1. The summed E-state index contributed by atoms with van der Waals surface area (Å²) in [5.41, 5.74) is 1.26. The first-order chi connectivity index (χ1) is 11.3. The van der Waals surface area contributed by atoms with Gasteiger partial charge in [-0.2, -0.15) is 0 Å². The van der Waals surface area contributed by atoms with Gasteiger partial charge < -0.3 is 0 Å². The van der Waals surface area contributed by atoms with E-state index in [1.54, 1.807) is 0 Å². The highest BCUT2D eigenvalue weighted by Gasteiger charge is 2.13. The Morgan fingerprint density at radius 2 is 1.57 bits per heavy atom. The molecule has 0 N–H and O–H groups in total. The van der Waals surface area contributed by atoms with E-state index in [4.69, 9.17) is 0 Å². The fourth-order valence-electron chi connectivity index (χ4n) is 2.86. The third-order valence-corrected chi connectivity index (χ3v) is 6.33. The van der Waals surface area contributed by atoms with Gasteiger partial charge in [-0.15, -0.1) is 22.7 Å². The van der Waals surface area contributed by atoms with E-state index in [0.29, 0.717) is 0 Å². The summed E-state index contributed by atoms with van der Waals surface area (Å²) in [5, 5.41) is 4.05. The van der Waals surface area contributed by atoms with Crippen molar-refractivity contribution < 1.29 is 0 Å². The van der Waals surface area contributed by atoms with Crippen LogP contribution >= 0.6 is 22.7 Å². The van der Waals surface area contributed by atoms with E-state index < -0.39 is 0 Å². The maximum atomic E-state index is 4.00. The number of thiophene rings is 2. The van der Waals surface area contributed by atoms with Gasteiger partial charge in [0.1, 0.15) is 0 Å². The molecule has 0 aliphatic rings. The summed E-state index contributed by atoms with van der Waals surface area (Å²) in [4.78, 5) is 1.30. The van der Waals surface area contributed by atoms with Crippen LogP contribution in [-0.4, -0.2) is 0 Å². The quantitative estimate of drug-likeness (QED) is 0.348. The lowest BCUT2D eigenvalue weighted by Gasteiger charge is -1.95. The van der Waals surface area contributed by atoms with Crippen molar-refractivity contribution >= 4 is 65.1 Å². The molecule has 0 nitrogen and oxygen atoms in total. The van der Waals surface area contributed by atoms with Gasteiger partial charge >= 0.3 is 0 Å². The second kappa shape index (κ2) is 6.69. The van der Waals surface area contributed by atoms with E-state index in [2.05, 4.69) is 62.1 Å². The Kier molecular flexibility index (Phi) is 4.65. The van der Waals surface area contributed by atoms with Crippen LogP contribution in [0.4, 0.5) is 0 Å². The zero-order chi connectivity index (χ0) is 16.4. The molecular formula is C21H20S2. The molecule has 0 amide bonds. The van der Waals surface area contributed by atoms with Gasteiger partial charge in [-0.25, -0.2) is 0 Å². The maximum absolute atomic E-state index is 4.00. The van der Waals surface area contributed by atoms with Gasteiger partial charge in [-0.1, -0.05) is 62.9 Å². The monoisotopic (exact) mass is 336 g/mol. The molecule has 0 saturated carbocycles. The summed E-state index contributed by atoms with van der Waals surface area (Å²) in [7, 11) is 0. The van der Waals surface area contributed by atoms with Crippen molar-refractivity contribution in [2.75, 3.05) is 0 Å². The van der Waals surface area contributed by atoms with Crippen LogP contribution in [0.15, 0.2) is 49.1 Å². The molecule has 0 fully saturated rings. The van der Waals surface area contributed by atoms with Crippen molar-refractivity contribution in [2.24, 2.45) is 0 Å². The summed E-state index contributed by atoms with van der Waals surface area (Å²) in [6, 6.07) is 13.2. The summed E-state index contributed by atoms with van der Waals surface area (Å²) >= 11 is 3.76. The lowest BCUT2D eigenvalue weighted by Crippen LogP contribution is -1.72. The van der Waals surface area contributed by atoms with Crippen LogP contribution < -0.4 is 0 Å². The van der Waals surface area contributed by atoms with Crippen LogP contribution in [0.25, 0.3) is 42.4 Å². The normalized spacial score (nSPS) is 11.3. The molecular weight excluding hydrogens is 316 g/mol. The molecule has 116 valence electrons. The van der Waals surface area contributed by atoms with Crippen LogP contribution in [0, 0.1) is 0 Å². The summed E-state index contributed by atoms with van der Waals surface area (Å²) in [6.07, 6.45) is 6.26. The molecule has 2 aromatic heterocycles. The number of hydrogen-bond donors (Lipinski definition) is 0. The summed E-state index contributed by atoms with van der Waals surface area (Å²) < 4.78 is 4.15. The molecule has 4 rings (SSSR count). The average Bonchev–Trinajstić information content (AvgIpc) is 3.14. The Bertz CT molecular complexity index is 1010. The first kappa shape index (κ1) is 16.0. The second-order valence-electron chi connectivity index (χ2n) is 5.00. The molecule has 0 radical (unpaired) electrons. The van der Waals surface area contributed by atoms with Crippen molar-refractivity contribution in [1.29, 1.82) is 0 Å². The minimum atomic E-state index is 1.26. The number of fused-ring (bicyclic) bond motifs is 5. The standard InChI is InChI=1S/C19H14S2.C2H6/c1-3-7-16-12(4-2)14-10-11-15-13-8-5-6-9-17(13)21-19(15)18(14)20-16;1-2/h3-11H,2H2,1H3;1-2H3/b7-3-;. The molecule has 2 aromatic carbocycles. The van der Waals surface area contributed by atoms with E-state index in [0.717, 1.165) is 0 Å². The van der Waals surface area contributed by atoms with Gasteiger partial charge in [0, 0.05) is 25.7 Å². The first-order valence-corrected chi connectivity index (χ1v) is 9.58. The molecule has 0 atom stereocenters. The van der Waals surface area contributed by atoms with E-state index in [1.165, 1.54) is 40.7 Å². The van der Waals surface area contributed by atoms with Crippen molar-refractivity contribution in [3.8, 4) is 0 Å². The van der Waals surface area contributed by atoms with Gasteiger partial charge in [0.2, 0.25) is 0 Å². The molecule has 4 aromatic rings. The van der Waals surface area contributed by atoms with Crippen LogP contribution in [0.1, 0.15) is 31.2 Å². The fourth-order valence-corrected chi connectivity index (χ4v) is 5.47. The Morgan fingerprint density at radius 1 is 0.870 bits per heavy atom. The Morgan fingerprint density at radius 3 is 2.30 bits per heavy atom. The predicted octanol–water partition coefficient (Wildman–Crippen LogP) is 7.97. The third kappa shape index (κ3) is 2.52. The first-order valence-electron chi connectivity index (χ1n) is 7.95. The molecule has 0 aliphatic heterocycles. The van der Waals surface area contributed by atoms with Crippen molar-refractivity contribution in [2.45, 2.75) is 20.8 Å². The molecule has 0 aliphatic carbocycles. The van der Waals surface area contributed by atoms with Crippen LogP contribution in [0.3, 0.4) is 0 Å². The molecule has 0 unspecified atom stereocenters. The highest BCUT2D eigenvalue weighted by atomic mass is 32.1. The predicted molar refractivity (Wildman–Crippen MR) is 111 cm³/mol. The average molecular weight is 337 g/mol. The molecule has 0 saturated heterocycles. The fraction of sp³-hybridized carbons (Fsp3) is 0.143. The Balaban J connectivity index is 0.000000753. The second-order valence-corrected chi connectivity index (χ2v) is 7.11. The summed E-state index contributed by atoms with van der Waals surface area (Å²) in [5.74, 6) is 0. The molecule has 2 heterocycles. The molecule has 23 heavy (non-hydrogen) atoms. The van der Waals surface area contributed by atoms with Gasteiger partial charge in [0.15, 0.2) is 0 Å². The zero-order valence-electron chi connectivity index (χ0n) is 13.7.